The van der Waals surface area contributed by atoms with Crippen LogP contribution in [0.25, 0.3) is 0 Å². The van der Waals surface area contributed by atoms with Crippen LogP contribution in [-0.4, -0.2) is 11.3 Å². The second kappa shape index (κ2) is 4.39. The number of rotatable bonds is 2. The van der Waals surface area contributed by atoms with E-state index >= 15 is 0 Å². The summed E-state index contributed by atoms with van der Waals surface area (Å²) in [6, 6.07) is 3.66. The van der Waals surface area contributed by atoms with E-state index in [1.54, 1.807) is 12.3 Å². The van der Waals surface area contributed by atoms with Crippen LogP contribution in [0.1, 0.15) is 4.88 Å². The van der Waals surface area contributed by atoms with Crippen LogP contribution in [0.15, 0.2) is 17.2 Å². The van der Waals surface area contributed by atoms with Gasteiger partial charge in [-0.05, 0) is 24.4 Å². The Bertz CT molecular complexity index is 307. The van der Waals surface area contributed by atoms with E-state index in [9.17, 15) is 0 Å². The molecule has 0 saturated heterocycles. The summed E-state index contributed by atoms with van der Waals surface area (Å²) in [6.07, 6.45) is 1.61. The average molecular weight is 220 g/mol. The lowest BCUT2D eigenvalue weighted by Crippen LogP contribution is -2.23. The number of thiophene rings is 1. The van der Waals surface area contributed by atoms with Crippen molar-refractivity contribution < 1.29 is 0 Å². The van der Waals surface area contributed by atoms with Gasteiger partial charge in [0.05, 0.1) is 10.6 Å². The molecule has 64 valence electrons. The molecule has 3 nitrogen and oxygen atoms in total. The smallest absolute Gasteiger partial charge is 0.184 e. The van der Waals surface area contributed by atoms with Crippen molar-refractivity contribution in [3.05, 3.63) is 21.3 Å². The van der Waals surface area contributed by atoms with Crippen LogP contribution in [0.5, 0.6) is 0 Å². The summed E-state index contributed by atoms with van der Waals surface area (Å²) in [5.74, 6) is 0. The Balaban J connectivity index is 2.52. The Kier molecular flexibility index (Phi) is 3.46. The highest BCUT2D eigenvalue weighted by Gasteiger charge is 1.92. The average Bonchev–Trinajstić information content (AvgIpc) is 2.35. The summed E-state index contributed by atoms with van der Waals surface area (Å²) in [4.78, 5) is 0.948. The summed E-state index contributed by atoms with van der Waals surface area (Å²) in [7, 11) is 0. The molecule has 0 spiro atoms. The number of nitrogens with two attached hydrogens (primary N) is 1. The van der Waals surface area contributed by atoms with E-state index in [1.807, 2.05) is 6.07 Å². The van der Waals surface area contributed by atoms with Gasteiger partial charge < -0.3 is 5.73 Å². The first-order valence-electron chi connectivity index (χ1n) is 3.02. The van der Waals surface area contributed by atoms with Crippen molar-refractivity contribution in [3.8, 4) is 0 Å². The van der Waals surface area contributed by atoms with Gasteiger partial charge in [0.15, 0.2) is 5.11 Å². The monoisotopic (exact) mass is 219 g/mol. The van der Waals surface area contributed by atoms with Crippen molar-refractivity contribution in [2.45, 2.75) is 0 Å². The van der Waals surface area contributed by atoms with Crippen LogP contribution < -0.4 is 11.2 Å². The zero-order valence-corrected chi connectivity index (χ0v) is 8.34. The fourth-order valence-corrected chi connectivity index (χ4v) is 1.54. The maximum absolute atomic E-state index is 5.69. The van der Waals surface area contributed by atoms with Crippen molar-refractivity contribution in [1.82, 2.24) is 5.43 Å². The number of thiocarbonyl (C=S) groups is 1. The van der Waals surface area contributed by atoms with E-state index in [1.165, 1.54) is 11.3 Å². The third-order valence-electron chi connectivity index (χ3n) is 0.961. The molecule has 0 aliphatic rings. The van der Waals surface area contributed by atoms with E-state index in [0.717, 1.165) is 9.21 Å². The molecule has 0 saturated carbocycles. The van der Waals surface area contributed by atoms with Gasteiger partial charge in [0, 0.05) is 4.88 Å². The van der Waals surface area contributed by atoms with Crippen LogP contribution in [0, 0.1) is 0 Å². The minimum absolute atomic E-state index is 0.147. The maximum Gasteiger partial charge on any atom is 0.184 e. The Morgan fingerprint density at radius 1 is 1.75 bits per heavy atom. The molecule has 12 heavy (non-hydrogen) atoms. The lowest BCUT2D eigenvalue weighted by Gasteiger charge is -1.91. The van der Waals surface area contributed by atoms with Gasteiger partial charge >= 0.3 is 0 Å². The van der Waals surface area contributed by atoms with Gasteiger partial charge in [-0.2, -0.15) is 5.10 Å². The van der Waals surface area contributed by atoms with Crippen molar-refractivity contribution in [3.63, 3.8) is 0 Å². The summed E-state index contributed by atoms with van der Waals surface area (Å²) < 4.78 is 0.728. The fourth-order valence-electron chi connectivity index (χ4n) is 0.557. The van der Waals surface area contributed by atoms with Gasteiger partial charge in [-0.15, -0.1) is 11.3 Å². The molecular weight excluding hydrogens is 214 g/mol. The Morgan fingerprint density at radius 2 is 2.50 bits per heavy atom. The lowest BCUT2D eigenvalue weighted by atomic mass is 10.5. The van der Waals surface area contributed by atoms with Gasteiger partial charge in [-0.25, -0.2) is 0 Å². The van der Waals surface area contributed by atoms with Gasteiger partial charge in [-0.3, -0.25) is 5.43 Å². The molecule has 0 unspecified atom stereocenters. The second-order valence-corrected chi connectivity index (χ2v) is 4.06. The maximum atomic E-state index is 5.69. The number of hydrazone groups is 1. The summed E-state index contributed by atoms with van der Waals surface area (Å²) in [5, 5.41) is 3.91. The molecular formula is C6H6ClN3S2. The third-order valence-corrected chi connectivity index (χ3v) is 2.22. The topological polar surface area (TPSA) is 50.4 Å². The van der Waals surface area contributed by atoms with E-state index < -0.39 is 0 Å². The molecule has 1 aromatic heterocycles. The lowest BCUT2D eigenvalue weighted by molar-refractivity contribution is 1.04. The highest BCUT2D eigenvalue weighted by molar-refractivity contribution is 7.80. The van der Waals surface area contributed by atoms with Gasteiger partial charge in [0.25, 0.3) is 0 Å². The predicted octanol–water partition coefficient (Wildman–Crippen LogP) is 1.57. The SMILES string of the molecule is NC(=S)N/N=C\c1ccc(Cl)s1. The van der Waals surface area contributed by atoms with Gasteiger partial charge in [0.1, 0.15) is 0 Å². The Labute approximate surface area is 84.2 Å². The summed E-state index contributed by atoms with van der Waals surface area (Å²) in [6.45, 7) is 0. The van der Waals surface area contributed by atoms with E-state index in [-0.39, 0.29) is 5.11 Å². The van der Waals surface area contributed by atoms with E-state index in [4.69, 9.17) is 17.3 Å². The fraction of sp³-hybridized carbons (Fsp3) is 0. The van der Waals surface area contributed by atoms with Crippen molar-refractivity contribution in [2.75, 3.05) is 0 Å². The molecule has 0 fully saturated rings. The molecule has 1 heterocycles. The largest absolute Gasteiger partial charge is 0.375 e. The molecule has 6 heteroatoms. The summed E-state index contributed by atoms with van der Waals surface area (Å²) >= 11 is 11.7. The zero-order valence-electron chi connectivity index (χ0n) is 5.95. The normalized spacial score (nSPS) is 10.4. The van der Waals surface area contributed by atoms with Crippen LogP contribution in [-0.2, 0) is 0 Å². The van der Waals surface area contributed by atoms with Crippen LogP contribution in [0.2, 0.25) is 4.34 Å². The highest BCUT2D eigenvalue weighted by Crippen LogP contribution is 2.19. The Morgan fingerprint density at radius 3 is 3.00 bits per heavy atom. The number of hydrogen-bond donors (Lipinski definition) is 2. The second-order valence-electron chi connectivity index (χ2n) is 1.88. The molecule has 0 amide bonds. The third kappa shape index (κ3) is 3.17. The predicted molar refractivity (Wildman–Crippen MR) is 56.8 cm³/mol. The molecule has 1 aromatic rings. The van der Waals surface area contributed by atoms with Gasteiger partial charge in [-0.1, -0.05) is 11.6 Å². The first-order chi connectivity index (χ1) is 5.68. The van der Waals surface area contributed by atoms with Crippen molar-refractivity contribution in [2.24, 2.45) is 10.8 Å². The van der Waals surface area contributed by atoms with E-state index in [2.05, 4.69) is 22.7 Å². The van der Waals surface area contributed by atoms with Crippen LogP contribution in [0.3, 0.4) is 0 Å². The Hall–Kier alpha value is -0.650. The number of nitrogens with one attached hydrogen (secondary N) is 1. The van der Waals surface area contributed by atoms with Crippen LogP contribution in [0.4, 0.5) is 0 Å². The van der Waals surface area contributed by atoms with Crippen molar-refractivity contribution in [1.29, 1.82) is 0 Å². The number of nitrogens with zero attached hydrogens (tertiary/aromatic N) is 1. The molecule has 0 atom stereocenters. The van der Waals surface area contributed by atoms with Crippen LogP contribution >= 0.6 is 35.2 Å². The highest BCUT2D eigenvalue weighted by atomic mass is 35.5. The molecule has 0 aliphatic heterocycles. The molecule has 0 bridgehead atoms. The molecule has 3 N–H and O–H groups in total. The molecule has 0 aromatic carbocycles. The van der Waals surface area contributed by atoms with E-state index in [0.29, 0.717) is 0 Å². The first-order valence-corrected chi connectivity index (χ1v) is 4.62. The number of halogens is 1. The number of hydrogen-bond acceptors (Lipinski definition) is 3. The quantitative estimate of drug-likeness (QED) is 0.451. The van der Waals surface area contributed by atoms with Crippen molar-refractivity contribution >= 4 is 46.5 Å². The standard InChI is InChI=1S/C6H6ClN3S2/c7-5-2-1-4(12-5)3-9-10-6(8)11/h1-3H,(H3,8,10,11)/b9-3-. The molecule has 0 radical (unpaired) electrons. The summed E-state index contributed by atoms with van der Waals surface area (Å²) in [5.41, 5.74) is 7.59. The zero-order chi connectivity index (χ0) is 8.97. The minimum Gasteiger partial charge on any atom is -0.375 e. The molecule has 1 rings (SSSR count). The molecule has 0 aliphatic carbocycles. The first kappa shape index (κ1) is 9.44. The minimum atomic E-state index is 0.147. The van der Waals surface area contributed by atoms with Gasteiger partial charge in [0.2, 0.25) is 0 Å².